The predicted molar refractivity (Wildman–Crippen MR) is 122 cm³/mol. The Balaban J connectivity index is 3.25. The second-order valence-corrected chi connectivity index (χ2v) is 10.5. The molecule has 0 fully saturated rings. The lowest BCUT2D eigenvalue weighted by Crippen LogP contribution is -2.44. The largest absolute Gasteiger partial charge is 0.481 e. The molecule has 1 unspecified atom stereocenters. The molecule has 1 rings (SSSR count). The van der Waals surface area contributed by atoms with Crippen LogP contribution in [0.15, 0.2) is 12.3 Å². The molecule has 0 spiro atoms. The number of rotatable bonds is 6. The second kappa shape index (κ2) is 10.8. The van der Waals surface area contributed by atoms with E-state index in [0.29, 0.717) is 11.1 Å². The van der Waals surface area contributed by atoms with Gasteiger partial charge in [-0.2, -0.15) is 4.90 Å². The number of ether oxygens (including phenoxy) is 2. The van der Waals surface area contributed by atoms with Gasteiger partial charge in [-0.25, -0.2) is 14.6 Å². The summed E-state index contributed by atoms with van der Waals surface area (Å²) < 4.78 is 10.7. The summed E-state index contributed by atoms with van der Waals surface area (Å²) in [7, 11) is 0. The van der Waals surface area contributed by atoms with Gasteiger partial charge in [-0.1, -0.05) is 17.8 Å². The number of hydrogen-bond acceptors (Lipinski definition) is 8. The third-order valence-electron chi connectivity index (χ3n) is 3.79. The first-order valence-corrected chi connectivity index (χ1v) is 11.1. The van der Waals surface area contributed by atoms with Gasteiger partial charge in [-0.3, -0.25) is 9.59 Å². The summed E-state index contributed by atoms with van der Waals surface area (Å²) in [6.45, 7) is 13.1. The van der Waals surface area contributed by atoms with E-state index in [1.807, 2.05) is 0 Å². The number of aromatic nitrogens is 1. The zero-order chi connectivity index (χ0) is 24.9. The van der Waals surface area contributed by atoms with Crippen molar-refractivity contribution >= 4 is 40.9 Å². The smallest absolute Gasteiger partial charge is 0.425 e. The molecule has 32 heavy (non-hydrogen) atoms. The van der Waals surface area contributed by atoms with Crippen molar-refractivity contribution in [3.8, 4) is 0 Å². The molecule has 0 bridgehead atoms. The fourth-order valence-electron chi connectivity index (χ4n) is 2.55. The van der Waals surface area contributed by atoms with Crippen LogP contribution in [0.5, 0.6) is 0 Å². The van der Waals surface area contributed by atoms with E-state index in [-0.39, 0.29) is 23.1 Å². The summed E-state index contributed by atoms with van der Waals surface area (Å²) >= 11 is 0.947. The molecule has 0 aliphatic rings. The summed E-state index contributed by atoms with van der Waals surface area (Å²) in [4.78, 5) is 53.3. The number of aryl methyl sites for hydroxylation is 1. The highest BCUT2D eigenvalue weighted by Crippen LogP contribution is 2.25. The zero-order valence-electron chi connectivity index (χ0n) is 19.8. The van der Waals surface area contributed by atoms with E-state index in [1.54, 1.807) is 54.5 Å². The normalized spacial score (nSPS) is 12.6. The van der Waals surface area contributed by atoms with E-state index in [9.17, 15) is 24.3 Å². The molecule has 0 aromatic carbocycles. The highest BCUT2D eigenvalue weighted by molar-refractivity contribution is 8.13. The fourth-order valence-corrected chi connectivity index (χ4v) is 3.25. The molecule has 9 nitrogen and oxygen atoms in total. The lowest BCUT2D eigenvalue weighted by Gasteiger charge is -2.28. The molecule has 1 N–H and O–H groups in total. The average molecular weight is 469 g/mol. The highest BCUT2D eigenvalue weighted by atomic mass is 32.2. The first-order chi connectivity index (χ1) is 14.5. The number of thioether (sulfide) groups is 1. The molecule has 10 heteroatoms. The number of carbonyl (C=O) groups is 4. The Bertz CT molecular complexity index is 844. The van der Waals surface area contributed by atoms with Crippen LogP contribution in [0.1, 0.15) is 59.6 Å². The molecule has 0 saturated heterocycles. The molecule has 1 aromatic heterocycles. The van der Waals surface area contributed by atoms with Gasteiger partial charge < -0.3 is 14.6 Å². The highest BCUT2D eigenvalue weighted by Gasteiger charge is 2.34. The summed E-state index contributed by atoms with van der Waals surface area (Å²) in [6, 6.07) is 1.65. The fraction of sp³-hybridized carbons (Fsp3) is 0.591. The van der Waals surface area contributed by atoms with Gasteiger partial charge in [0.15, 0.2) is 10.9 Å². The van der Waals surface area contributed by atoms with Crippen LogP contribution in [-0.2, 0) is 25.5 Å². The maximum atomic E-state index is 12.8. The van der Waals surface area contributed by atoms with E-state index >= 15 is 0 Å². The third-order valence-corrected chi connectivity index (χ3v) is 4.77. The lowest BCUT2D eigenvalue weighted by molar-refractivity contribution is -0.140. The van der Waals surface area contributed by atoms with Gasteiger partial charge in [0.2, 0.25) is 0 Å². The maximum Gasteiger partial charge on any atom is 0.425 e. The molecule has 0 aliphatic carbocycles. The summed E-state index contributed by atoms with van der Waals surface area (Å²) in [5.41, 5.74) is -0.651. The number of amides is 2. The van der Waals surface area contributed by atoms with E-state index in [4.69, 9.17) is 9.47 Å². The first kappa shape index (κ1) is 27.4. The Morgan fingerprint density at radius 2 is 1.56 bits per heavy atom. The number of carbonyl (C=O) groups excluding carboxylic acids is 3. The summed E-state index contributed by atoms with van der Waals surface area (Å²) in [5, 5.41) is 9.28. The van der Waals surface area contributed by atoms with Crippen LogP contribution in [0.2, 0.25) is 0 Å². The van der Waals surface area contributed by atoms with Gasteiger partial charge >= 0.3 is 18.2 Å². The van der Waals surface area contributed by atoms with Crippen LogP contribution >= 0.6 is 11.8 Å². The average Bonchev–Trinajstić information content (AvgIpc) is 2.57. The third kappa shape index (κ3) is 9.25. The van der Waals surface area contributed by atoms with Gasteiger partial charge in [-0.15, -0.1) is 0 Å². The van der Waals surface area contributed by atoms with Crippen molar-refractivity contribution in [2.75, 3.05) is 10.7 Å². The van der Waals surface area contributed by atoms with Gasteiger partial charge in [0.05, 0.1) is 5.92 Å². The van der Waals surface area contributed by atoms with Crippen molar-refractivity contribution in [1.82, 2.24) is 4.98 Å². The predicted octanol–water partition coefficient (Wildman–Crippen LogP) is 4.59. The Hall–Kier alpha value is -2.62. The zero-order valence-corrected chi connectivity index (χ0v) is 20.7. The van der Waals surface area contributed by atoms with Crippen LogP contribution in [0, 0.1) is 12.8 Å². The number of aliphatic carboxylic acids is 1. The number of anilines is 1. The SMILES string of the molecule is CC(=O)SCC(Cc1cnc(N(C(=O)OC(C)(C)C)C(=O)OC(C)(C)C)c(C)c1)C(=O)O. The van der Waals surface area contributed by atoms with Crippen LogP contribution in [-0.4, -0.2) is 50.3 Å². The number of nitrogens with zero attached hydrogens (tertiary/aromatic N) is 2. The van der Waals surface area contributed by atoms with Crippen molar-refractivity contribution in [3.63, 3.8) is 0 Å². The van der Waals surface area contributed by atoms with E-state index in [1.165, 1.54) is 13.1 Å². The van der Waals surface area contributed by atoms with Crippen LogP contribution < -0.4 is 4.90 Å². The van der Waals surface area contributed by atoms with E-state index in [0.717, 1.165) is 16.7 Å². The van der Waals surface area contributed by atoms with E-state index < -0.39 is 35.3 Å². The number of carboxylic acids is 1. The van der Waals surface area contributed by atoms with Crippen molar-refractivity contribution in [2.45, 2.75) is 73.0 Å². The molecule has 178 valence electrons. The molecular weight excluding hydrogens is 436 g/mol. The molecule has 2 amide bonds. The topological polar surface area (TPSA) is 123 Å². The Morgan fingerprint density at radius 3 is 1.94 bits per heavy atom. The Kier molecular flexibility index (Phi) is 9.25. The number of carboxylic acid groups (broad SMARTS) is 1. The van der Waals surface area contributed by atoms with Crippen LogP contribution in [0.25, 0.3) is 0 Å². The van der Waals surface area contributed by atoms with Gasteiger partial charge in [0, 0.05) is 18.9 Å². The number of pyridine rings is 1. The molecule has 1 aromatic rings. The molecule has 1 atom stereocenters. The summed E-state index contributed by atoms with van der Waals surface area (Å²) in [5.74, 6) is -1.65. The van der Waals surface area contributed by atoms with Crippen molar-refractivity contribution in [3.05, 3.63) is 23.4 Å². The minimum absolute atomic E-state index is 0.0298. The van der Waals surface area contributed by atoms with Crippen LogP contribution in [0.4, 0.5) is 15.4 Å². The van der Waals surface area contributed by atoms with Crippen LogP contribution in [0.3, 0.4) is 0 Å². The van der Waals surface area contributed by atoms with E-state index in [2.05, 4.69) is 4.98 Å². The minimum atomic E-state index is -1.02. The quantitative estimate of drug-likeness (QED) is 0.638. The maximum absolute atomic E-state index is 12.8. The monoisotopic (exact) mass is 468 g/mol. The molecule has 0 radical (unpaired) electrons. The first-order valence-electron chi connectivity index (χ1n) is 10.1. The van der Waals surface area contributed by atoms with Gasteiger partial charge in [0.1, 0.15) is 11.2 Å². The Labute approximate surface area is 192 Å². The standard InChI is InChI=1S/C22H32N2O7S/c1-13-9-15(10-16(18(26)27)12-32-14(2)25)11-23-17(13)24(19(28)30-21(3,4)5)20(29)31-22(6,7)8/h9,11,16H,10,12H2,1-8H3,(H,26,27). The van der Waals surface area contributed by atoms with Crippen molar-refractivity contribution in [1.29, 1.82) is 0 Å². The lowest BCUT2D eigenvalue weighted by atomic mass is 10.0. The van der Waals surface area contributed by atoms with Gasteiger partial charge in [-0.05, 0) is 66.0 Å². The van der Waals surface area contributed by atoms with Gasteiger partial charge in [0.25, 0.3) is 0 Å². The van der Waals surface area contributed by atoms with Crippen molar-refractivity contribution in [2.24, 2.45) is 5.92 Å². The summed E-state index contributed by atoms with van der Waals surface area (Å²) in [6.07, 6.45) is -0.325. The molecule has 0 aliphatic heterocycles. The molecule has 0 saturated carbocycles. The minimum Gasteiger partial charge on any atom is -0.481 e. The number of imide groups is 1. The molecule has 1 heterocycles. The van der Waals surface area contributed by atoms with Crippen molar-refractivity contribution < 1.29 is 33.8 Å². The molecular formula is C22H32N2O7S. The number of hydrogen-bond donors (Lipinski definition) is 1. The second-order valence-electron chi connectivity index (χ2n) is 9.32. The Morgan fingerprint density at radius 1 is 1.06 bits per heavy atom.